The number of nitrogen functional groups attached to an aromatic ring is 1. The lowest BCUT2D eigenvalue weighted by Gasteiger charge is -2.13. The van der Waals surface area contributed by atoms with Gasteiger partial charge in [-0.3, -0.25) is 5.10 Å². The van der Waals surface area contributed by atoms with Crippen LogP contribution in [0.2, 0.25) is 0 Å². The van der Waals surface area contributed by atoms with Gasteiger partial charge >= 0.3 is 0 Å². The maximum absolute atomic E-state index is 6.02. The van der Waals surface area contributed by atoms with Gasteiger partial charge in [0.2, 0.25) is 0 Å². The molecule has 5 rings (SSSR count). The quantitative estimate of drug-likeness (QED) is 0.550. The zero-order valence-electron chi connectivity index (χ0n) is 15.8. The summed E-state index contributed by atoms with van der Waals surface area (Å²) in [6.07, 6.45) is 6.27. The van der Waals surface area contributed by atoms with Gasteiger partial charge in [0, 0.05) is 10.9 Å². The number of fused-ring (bicyclic) bond motifs is 1. The van der Waals surface area contributed by atoms with Crippen LogP contribution in [0, 0.1) is 5.92 Å². The van der Waals surface area contributed by atoms with Crippen LogP contribution in [0.15, 0.2) is 48.5 Å². The first kappa shape index (κ1) is 17.0. The van der Waals surface area contributed by atoms with Gasteiger partial charge in [-0.15, -0.1) is 5.10 Å². The van der Waals surface area contributed by atoms with Crippen molar-refractivity contribution in [3.05, 3.63) is 59.8 Å². The van der Waals surface area contributed by atoms with Gasteiger partial charge in [0.05, 0.1) is 17.8 Å². The van der Waals surface area contributed by atoms with E-state index in [4.69, 9.17) is 5.73 Å². The molecule has 0 bridgehead atoms. The summed E-state index contributed by atoms with van der Waals surface area (Å²) in [5.41, 5.74) is 11.4. The molecule has 2 aromatic carbocycles. The molecule has 2 heterocycles. The number of H-pyrrole nitrogens is 1. The minimum absolute atomic E-state index is 0.519. The number of rotatable bonds is 5. The number of aromatic amines is 1. The summed E-state index contributed by atoms with van der Waals surface area (Å²) in [7, 11) is 0. The maximum Gasteiger partial charge on any atom is 0.153 e. The van der Waals surface area contributed by atoms with Crippen LogP contribution in [0.5, 0.6) is 0 Å². The average molecular weight is 372 g/mol. The second-order valence-corrected chi connectivity index (χ2v) is 7.75. The highest BCUT2D eigenvalue weighted by molar-refractivity contribution is 5.92. The topological polar surface area (TPSA) is 85.4 Å². The molecule has 1 aliphatic carbocycles. The van der Waals surface area contributed by atoms with E-state index < -0.39 is 0 Å². The van der Waals surface area contributed by atoms with Crippen molar-refractivity contribution in [2.45, 2.75) is 38.6 Å². The molecule has 0 saturated heterocycles. The maximum atomic E-state index is 6.02. The largest absolute Gasteiger partial charge is 0.382 e. The number of nitrogens with zero attached hydrogens (tertiary/aromatic N) is 4. The van der Waals surface area contributed by atoms with Crippen LogP contribution in [-0.2, 0) is 13.0 Å². The number of benzene rings is 2. The zero-order chi connectivity index (χ0) is 18.9. The number of aromatic nitrogens is 5. The molecule has 6 heteroatoms. The Bertz CT molecular complexity index is 1090. The Morgan fingerprint density at radius 2 is 1.89 bits per heavy atom. The standard InChI is InChI=1S/C22H24N6/c23-22-18-13-17(10-11-19(18)24-26-22)21-20(12-15-6-4-5-7-15)28(27-25-21)14-16-8-2-1-3-9-16/h1-3,8-11,13,15H,4-7,12,14H2,(H3,23,24,26). The molecule has 6 nitrogen and oxygen atoms in total. The smallest absolute Gasteiger partial charge is 0.153 e. The number of nitrogens with one attached hydrogen (secondary N) is 1. The minimum Gasteiger partial charge on any atom is -0.382 e. The predicted octanol–water partition coefficient (Wildman–Crippen LogP) is 4.18. The molecule has 0 amide bonds. The second-order valence-electron chi connectivity index (χ2n) is 7.75. The van der Waals surface area contributed by atoms with Crippen LogP contribution in [-0.4, -0.2) is 25.2 Å². The van der Waals surface area contributed by atoms with Gasteiger partial charge in [0.1, 0.15) is 5.69 Å². The lowest BCUT2D eigenvalue weighted by molar-refractivity contribution is 0.510. The molecule has 28 heavy (non-hydrogen) atoms. The van der Waals surface area contributed by atoms with Gasteiger partial charge in [0.15, 0.2) is 5.82 Å². The molecule has 2 aromatic heterocycles. The Morgan fingerprint density at radius 3 is 2.71 bits per heavy atom. The Morgan fingerprint density at radius 1 is 1.07 bits per heavy atom. The zero-order valence-corrected chi connectivity index (χ0v) is 15.8. The molecule has 0 atom stereocenters. The minimum atomic E-state index is 0.519. The summed E-state index contributed by atoms with van der Waals surface area (Å²) in [6.45, 7) is 0.742. The van der Waals surface area contributed by atoms with E-state index in [9.17, 15) is 0 Å². The van der Waals surface area contributed by atoms with Crippen LogP contribution >= 0.6 is 0 Å². The van der Waals surface area contributed by atoms with E-state index in [0.717, 1.165) is 41.0 Å². The molecule has 142 valence electrons. The highest BCUT2D eigenvalue weighted by Gasteiger charge is 2.22. The summed E-state index contributed by atoms with van der Waals surface area (Å²) in [4.78, 5) is 0. The van der Waals surface area contributed by atoms with Gasteiger partial charge in [-0.05, 0) is 30.0 Å². The van der Waals surface area contributed by atoms with Crippen molar-refractivity contribution in [3.63, 3.8) is 0 Å². The van der Waals surface area contributed by atoms with E-state index in [1.807, 2.05) is 12.1 Å². The average Bonchev–Trinajstić information content (AvgIpc) is 3.45. The van der Waals surface area contributed by atoms with Crippen molar-refractivity contribution >= 4 is 16.7 Å². The molecule has 3 N–H and O–H groups in total. The van der Waals surface area contributed by atoms with Crippen molar-refractivity contribution in [1.29, 1.82) is 0 Å². The van der Waals surface area contributed by atoms with Crippen molar-refractivity contribution in [2.24, 2.45) is 5.92 Å². The number of anilines is 1. The van der Waals surface area contributed by atoms with E-state index in [1.54, 1.807) is 0 Å². The van der Waals surface area contributed by atoms with Crippen LogP contribution < -0.4 is 5.73 Å². The molecule has 1 aliphatic rings. The lowest BCUT2D eigenvalue weighted by atomic mass is 9.98. The van der Waals surface area contributed by atoms with Gasteiger partial charge in [-0.25, -0.2) is 4.68 Å². The first-order valence-corrected chi connectivity index (χ1v) is 9.98. The van der Waals surface area contributed by atoms with Crippen LogP contribution in [0.3, 0.4) is 0 Å². The SMILES string of the molecule is Nc1n[nH]c2ccc(-c3nnn(Cc4ccccc4)c3CC3CCCC3)cc12. The Hall–Kier alpha value is -3.15. The highest BCUT2D eigenvalue weighted by Crippen LogP contribution is 2.33. The molecule has 1 fully saturated rings. The Balaban J connectivity index is 1.56. The van der Waals surface area contributed by atoms with Crippen molar-refractivity contribution in [2.75, 3.05) is 5.73 Å². The van der Waals surface area contributed by atoms with E-state index >= 15 is 0 Å². The van der Waals surface area contributed by atoms with Gasteiger partial charge in [-0.2, -0.15) is 5.10 Å². The molecule has 0 unspecified atom stereocenters. The number of hydrogen-bond acceptors (Lipinski definition) is 4. The summed E-state index contributed by atoms with van der Waals surface area (Å²) < 4.78 is 2.08. The van der Waals surface area contributed by atoms with Gasteiger partial charge in [0.25, 0.3) is 0 Å². The summed E-state index contributed by atoms with van der Waals surface area (Å²) in [6, 6.07) is 16.6. The predicted molar refractivity (Wildman–Crippen MR) is 111 cm³/mol. The fraction of sp³-hybridized carbons (Fsp3) is 0.318. The molecule has 0 spiro atoms. The van der Waals surface area contributed by atoms with Crippen LogP contribution in [0.1, 0.15) is 36.9 Å². The van der Waals surface area contributed by atoms with E-state index in [1.165, 1.54) is 36.9 Å². The van der Waals surface area contributed by atoms with E-state index in [2.05, 4.69) is 61.6 Å². The molecule has 1 saturated carbocycles. The normalized spacial score (nSPS) is 14.9. The third-order valence-corrected chi connectivity index (χ3v) is 5.84. The summed E-state index contributed by atoms with van der Waals surface area (Å²) in [5.74, 6) is 1.24. The van der Waals surface area contributed by atoms with E-state index in [-0.39, 0.29) is 0 Å². The summed E-state index contributed by atoms with van der Waals surface area (Å²) in [5, 5.41) is 17.1. The van der Waals surface area contributed by atoms with E-state index in [0.29, 0.717) is 5.82 Å². The Kier molecular flexibility index (Phi) is 4.31. The molecule has 0 radical (unpaired) electrons. The molecule has 0 aliphatic heterocycles. The molecule has 4 aromatic rings. The first-order chi connectivity index (χ1) is 13.8. The monoisotopic (exact) mass is 372 g/mol. The first-order valence-electron chi connectivity index (χ1n) is 9.98. The fourth-order valence-electron chi connectivity index (χ4n) is 4.31. The second kappa shape index (κ2) is 7.11. The van der Waals surface area contributed by atoms with Crippen molar-refractivity contribution in [1.82, 2.24) is 25.2 Å². The third-order valence-electron chi connectivity index (χ3n) is 5.84. The lowest BCUT2D eigenvalue weighted by Crippen LogP contribution is -2.10. The van der Waals surface area contributed by atoms with Gasteiger partial charge in [-0.1, -0.05) is 67.3 Å². The third kappa shape index (κ3) is 3.15. The number of nitrogens with two attached hydrogens (primary N) is 1. The fourth-order valence-corrected chi connectivity index (χ4v) is 4.31. The highest BCUT2D eigenvalue weighted by atomic mass is 15.4. The number of hydrogen-bond donors (Lipinski definition) is 2. The van der Waals surface area contributed by atoms with Crippen LogP contribution in [0.25, 0.3) is 22.2 Å². The Labute approximate surface area is 163 Å². The van der Waals surface area contributed by atoms with Crippen LogP contribution in [0.4, 0.5) is 5.82 Å². The van der Waals surface area contributed by atoms with Crippen molar-refractivity contribution < 1.29 is 0 Å². The van der Waals surface area contributed by atoms with Crippen molar-refractivity contribution in [3.8, 4) is 11.3 Å². The van der Waals surface area contributed by atoms with Gasteiger partial charge < -0.3 is 5.73 Å². The summed E-state index contributed by atoms with van der Waals surface area (Å²) >= 11 is 0. The molecular weight excluding hydrogens is 348 g/mol. The molecular formula is C22H24N6.